The summed E-state index contributed by atoms with van der Waals surface area (Å²) in [5, 5.41) is 2.88. The number of hydrogen-bond acceptors (Lipinski definition) is 3. The molecule has 1 aromatic carbocycles. The maximum Gasteiger partial charge on any atom is 0.233 e. The van der Waals surface area contributed by atoms with Crippen molar-refractivity contribution in [2.45, 2.75) is 46.0 Å². The maximum absolute atomic E-state index is 12.4. The summed E-state index contributed by atoms with van der Waals surface area (Å²) in [5.41, 5.74) is 2.93. The number of nitrogens with one attached hydrogen (secondary N) is 1. The Balaban J connectivity index is 1.59. The number of imide groups is 1. The number of nitrogens with zero attached hydrogens (tertiary/aromatic N) is 1. The monoisotopic (exact) mass is 328 g/mol. The molecule has 0 radical (unpaired) electrons. The van der Waals surface area contributed by atoms with Gasteiger partial charge >= 0.3 is 0 Å². The van der Waals surface area contributed by atoms with E-state index >= 15 is 0 Å². The lowest BCUT2D eigenvalue weighted by Gasteiger charge is -2.19. The van der Waals surface area contributed by atoms with Gasteiger partial charge in [0, 0.05) is 18.7 Å². The highest BCUT2D eigenvalue weighted by Gasteiger charge is 2.47. The average Bonchev–Trinajstić information content (AvgIpc) is 2.82. The minimum Gasteiger partial charge on any atom is -0.326 e. The Labute approximate surface area is 142 Å². The maximum atomic E-state index is 12.4. The van der Waals surface area contributed by atoms with Gasteiger partial charge in [0.2, 0.25) is 17.7 Å². The molecule has 5 nitrogen and oxygen atoms in total. The molecule has 1 N–H and O–H groups in total. The number of hydrogen-bond donors (Lipinski definition) is 1. The van der Waals surface area contributed by atoms with Gasteiger partial charge in [0.15, 0.2) is 0 Å². The van der Waals surface area contributed by atoms with Crippen molar-refractivity contribution >= 4 is 23.4 Å². The summed E-state index contributed by atoms with van der Waals surface area (Å²) < 4.78 is 0. The zero-order valence-corrected chi connectivity index (χ0v) is 14.3. The molecule has 2 aliphatic rings. The summed E-state index contributed by atoms with van der Waals surface area (Å²) in [4.78, 5) is 38.3. The summed E-state index contributed by atoms with van der Waals surface area (Å²) in [6.07, 6.45) is 3.79. The zero-order valence-electron chi connectivity index (χ0n) is 14.3. The molecule has 1 aliphatic heterocycles. The minimum atomic E-state index is -0.167. The van der Waals surface area contributed by atoms with Crippen molar-refractivity contribution in [1.82, 2.24) is 4.90 Å². The van der Waals surface area contributed by atoms with Gasteiger partial charge in [-0.2, -0.15) is 0 Å². The molecule has 0 unspecified atom stereocenters. The van der Waals surface area contributed by atoms with Crippen molar-refractivity contribution in [1.29, 1.82) is 0 Å². The molecule has 1 aliphatic carbocycles. The van der Waals surface area contributed by atoms with E-state index in [1.165, 1.54) is 4.90 Å². The highest BCUT2D eigenvalue weighted by atomic mass is 16.2. The first-order chi connectivity index (χ1) is 11.5. The van der Waals surface area contributed by atoms with Gasteiger partial charge in [0.1, 0.15) is 0 Å². The molecule has 2 atom stereocenters. The number of carbonyl (C=O) groups excluding carboxylic acids is 3. The second-order valence-corrected chi connectivity index (χ2v) is 6.87. The van der Waals surface area contributed by atoms with Crippen molar-refractivity contribution in [2.75, 3.05) is 11.9 Å². The first-order valence-electron chi connectivity index (χ1n) is 8.70. The molecule has 3 rings (SSSR count). The van der Waals surface area contributed by atoms with Crippen molar-refractivity contribution in [2.24, 2.45) is 11.8 Å². The normalized spacial score (nSPS) is 23.3. The molecule has 0 bridgehead atoms. The Morgan fingerprint density at radius 1 is 1.12 bits per heavy atom. The van der Waals surface area contributed by atoms with Crippen LogP contribution in [-0.2, 0) is 14.4 Å². The van der Waals surface area contributed by atoms with E-state index in [1.807, 2.05) is 32.0 Å². The topological polar surface area (TPSA) is 66.5 Å². The lowest BCUT2D eigenvalue weighted by atomic mass is 9.81. The summed E-state index contributed by atoms with van der Waals surface area (Å²) in [6, 6.07) is 5.76. The molecule has 1 heterocycles. The number of carbonyl (C=O) groups is 3. The number of fused-ring (bicyclic) bond motifs is 1. The summed E-state index contributed by atoms with van der Waals surface area (Å²) in [7, 11) is 0. The molecule has 1 saturated heterocycles. The zero-order chi connectivity index (χ0) is 17.3. The lowest BCUT2D eigenvalue weighted by molar-refractivity contribution is -0.140. The van der Waals surface area contributed by atoms with Gasteiger partial charge in [-0.05, 0) is 43.9 Å². The summed E-state index contributed by atoms with van der Waals surface area (Å²) >= 11 is 0. The van der Waals surface area contributed by atoms with E-state index in [9.17, 15) is 14.4 Å². The number of amides is 3. The Bertz CT molecular complexity index is 659. The van der Waals surface area contributed by atoms with Crippen LogP contribution in [0.2, 0.25) is 0 Å². The summed E-state index contributed by atoms with van der Waals surface area (Å²) in [5.74, 6) is -0.616. The molecular weight excluding hydrogens is 304 g/mol. The first kappa shape index (κ1) is 16.7. The molecule has 3 amide bonds. The highest BCUT2D eigenvalue weighted by molar-refractivity contribution is 6.05. The fourth-order valence-corrected chi connectivity index (χ4v) is 3.76. The van der Waals surface area contributed by atoms with Crippen LogP contribution in [0.15, 0.2) is 18.2 Å². The smallest absolute Gasteiger partial charge is 0.233 e. The van der Waals surface area contributed by atoms with Crippen LogP contribution in [-0.4, -0.2) is 29.2 Å². The molecule has 1 saturated carbocycles. The van der Waals surface area contributed by atoms with E-state index in [0.717, 1.165) is 42.5 Å². The van der Waals surface area contributed by atoms with Gasteiger partial charge < -0.3 is 5.32 Å². The fourth-order valence-electron chi connectivity index (χ4n) is 3.76. The second kappa shape index (κ2) is 6.75. The number of anilines is 1. The van der Waals surface area contributed by atoms with Crippen molar-refractivity contribution in [3.8, 4) is 0 Å². The van der Waals surface area contributed by atoms with E-state index in [-0.39, 0.29) is 42.5 Å². The van der Waals surface area contributed by atoms with Gasteiger partial charge in [0.05, 0.1) is 11.8 Å². The predicted octanol–water partition coefficient (Wildman–Crippen LogP) is 2.81. The lowest BCUT2D eigenvalue weighted by Crippen LogP contribution is -2.34. The first-order valence-corrected chi connectivity index (χ1v) is 8.70. The summed E-state index contributed by atoms with van der Waals surface area (Å²) in [6.45, 7) is 4.14. The third-order valence-corrected chi connectivity index (χ3v) is 5.37. The molecule has 24 heavy (non-hydrogen) atoms. The third-order valence-electron chi connectivity index (χ3n) is 5.37. The highest BCUT2D eigenvalue weighted by Crippen LogP contribution is 2.37. The van der Waals surface area contributed by atoms with Gasteiger partial charge in [-0.1, -0.05) is 25.0 Å². The molecule has 0 spiro atoms. The Hall–Kier alpha value is -2.17. The van der Waals surface area contributed by atoms with Gasteiger partial charge in [-0.25, -0.2) is 0 Å². The molecular formula is C19H24N2O3. The molecule has 128 valence electrons. The predicted molar refractivity (Wildman–Crippen MR) is 91.3 cm³/mol. The van der Waals surface area contributed by atoms with Crippen LogP contribution in [0.25, 0.3) is 0 Å². The van der Waals surface area contributed by atoms with Crippen LogP contribution in [0, 0.1) is 25.7 Å². The quantitative estimate of drug-likeness (QED) is 0.864. The van der Waals surface area contributed by atoms with Crippen LogP contribution in [0.3, 0.4) is 0 Å². The van der Waals surface area contributed by atoms with Crippen LogP contribution < -0.4 is 5.32 Å². The van der Waals surface area contributed by atoms with Gasteiger partial charge in [-0.15, -0.1) is 0 Å². The molecule has 1 aromatic rings. The van der Waals surface area contributed by atoms with E-state index in [1.54, 1.807) is 0 Å². The number of benzene rings is 1. The van der Waals surface area contributed by atoms with Crippen LogP contribution in [0.4, 0.5) is 5.69 Å². The standard InChI is InChI=1S/C19H24N2O3/c1-12-6-5-9-16(13(12)2)20-17(22)10-11-21-18(23)14-7-3-4-8-15(14)19(21)24/h5-6,9,14-15H,3-4,7-8,10-11H2,1-2H3,(H,20,22)/t14-,15-/m1/s1. The fraction of sp³-hybridized carbons (Fsp3) is 0.526. The van der Waals surface area contributed by atoms with Crippen LogP contribution in [0.5, 0.6) is 0 Å². The molecule has 5 heteroatoms. The molecule has 0 aromatic heterocycles. The number of rotatable bonds is 4. The van der Waals surface area contributed by atoms with Crippen LogP contribution in [0.1, 0.15) is 43.2 Å². The van der Waals surface area contributed by atoms with E-state index in [2.05, 4.69) is 5.32 Å². The van der Waals surface area contributed by atoms with Gasteiger partial charge in [-0.3, -0.25) is 19.3 Å². The number of likely N-dealkylation sites (tertiary alicyclic amines) is 1. The number of aryl methyl sites for hydroxylation is 1. The Morgan fingerprint density at radius 3 is 2.38 bits per heavy atom. The largest absolute Gasteiger partial charge is 0.326 e. The Morgan fingerprint density at radius 2 is 1.75 bits per heavy atom. The second-order valence-electron chi connectivity index (χ2n) is 6.87. The van der Waals surface area contributed by atoms with Crippen molar-refractivity contribution < 1.29 is 14.4 Å². The molecule has 2 fully saturated rings. The third kappa shape index (κ3) is 3.07. The average molecular weight is 328 g/mol. The van der Waals surface area contributed by atoms with E-state index in [0.29, 0.717) is 0 Å². The minimum absolute atomic E-state index is 0.0794. The Kier molecular flexibility index (Phi) is 4.69. The van der Waals surface area contributed by atoms with Gasteiger partial charge in [0.25, 0.3) is 0 Å². The van der Waals surface area contributed by atoms with Crippen molar-refractivity contribution in [3.05, 3.63) is 29.3 Å². The SMILES string of the molecule is Cc1cccc(NC(=O)CCN2C(=O)[C@@H]3CCCC[C@H]3C2=O)c1C. The van der Waals surface area contributed by atoms with E-state index < -0.39 is 0 Å². The van der Waals surface area contributed by atoms with E-state index in [4.69, 9.17) is 0 Å². The van der Waals surface area contributed by atoms with Crippen molar-refractivity contribution in [3.63, 3.8) is 0 Å². The van der Waals surface area contributed by atoms with Crippen LogP contribution >= 0.6 is 0 Å².